The number of allylic oxidation sites excluding steroid dienone is 2. The highest BCUT2D eigenvalue weighted by atomic mass is 16.5. The smallest absolute Gasteiger partial charge is 0.244 e. The third kappa shape index (κ3) is 4.12. The Hall–Kier alpha value is -3.11. The number of nitrogens with zero attached hydrogens (tertiary/aromatic N) is 5. The highest BCUT2D eigenvalue weighted by molar-refractivity contribution is 5.89. The number of aliphatic hydroxyl groups is 1. The molecule has 5 rings (SSSR count). The standard InChI is InChI=1S/C24H31N7O3/c1-34-17-3-2-4-24(25,13-17)20(33)30-23(7-12-32)15-22(16-23)5-10-31(11-6-22)21-28-14-18-19(29-21)27-9-8-26-18/h2-4,8-9,14,32H,5-7,10-13,15-16,25H2,1H3,(H,30,33). The van der Waals surface area contributed by atoms with E-state index in [1.54, 1.807) is 37.9 Å². The average molecular weight is 466 g/mol. The Bertz CT molecular complexity index is 1130. The van der Waals surface area contributed by atoms with Crippen molar-refractivity contribution in [1.29, 1.82) is 0 Å². The lowest BCUT2D eigenvalue weighted by molar-refractivity contribution is -0.132. The maximum atomic E-state index is 13.2. The van der Waals surface area contributed by atoms with Crippen LogP contribution in [0.15, 0.2) is 42.6 Å². The molecule has 1 saturated carbocycles. The van der Waals surface area contributed by atoms with E-state index < -0.39 is 11.1 Å². The van der Waals surface area contributed by atoms with Gasteiger partial charge in [0.05, 0.1) is 19.1 Å². The first kappa shape index (κ1) is 22.7. The maximum absolute atomic E-state index is 13.2. The molecule has 10 heteroatoms. The number of aliphatic hydroxyl groups excluding tert-OH is 1. The molecule has 1 atom stereocenters. The molecule has 2 aliphatic carbocycles. The van der Waals surface area contributed by atoms with Gasteiger partial charge in [-0.3, -0.25) is 4.79 Å². The van der Waals surface area contributed by atoms with Crippen LogP contribution in [0.5, 0.6) is 0 Å². The summed E-state index contributed by atoms with van der Waals surface area (Å²) in [6.07, 6.45) is 14.7. The van der Waals surface area contributed by atoms with Gasteiger partial charge in [0.1, 0.15) is 11.1 Å². The largest absolute Gasteiger partial charge is 0.501 e. The maximum Gasteiger partial charge on any atom is 0.244 e. The Balaban J connectivity index is 1.23. The van der Waals surface area contributed by atoms with Crippen molar-refractivity contribution in [2.24, 2.45) is 11.1 Å². The van der Waals surface area contributed by atoms with Gasteiger partial charge in [-0.15, -0.1) is 0 Å². The molecule has 1 unspecified atom stereocenters. The molecule has 1 amide bonds. The topological polar surface area (TPSA) is 139 Å². The quantitative estimate of drug-likeness (QED) is 0.574. The van der Waals surface area contributed by atoms with Gasteiger partial charge in [-0.25, -0.2) is 15.0 Å². The molecule has 180 valence electrons. The van der Waals surface area contributed by atoms with Gasteiger partial charge in [0.2, 0.25) is 11.9 Å². The van der Waals surface area contributed by atoms with E-state index in [0.717, 1.165) is 38.8 Å². The summed E-state index contributed by atoms with van der Waals surface area (Å²) in [5.41, 5.74) is 6.27. The molecule has 0 radical (unpaired) electrons. The molecular weight excluding hydrogens is 434 g/mol. The fraction of sp³-hybridized carbons (Fsp3) is 0.542. The lowest BCUT2D eigenvalue weighted by Gasteiger charge is -2.59. The number of hydrogen-bond acceptors (Lipinski definition) is 9. The van der Waals surface area contributed by atoms with Gasteiger partial charge in [0.25, 0.3) is 0 Å². The molecule has 3 heterocycles. The molecule has 4 N–H and O–H groups in total. The molecular formula is C24H31N7O3. The molecule has 3 aliphatic rings. The van der Waals surface area contributed by atoms with Crippen LogP contribution in [0.1, 0.15) is 38.5 Å². The molecule has 0 aromatic carbocycles. The number of carbonyl (C=O) groups is 1. The number of aromatic nitrogens is 4. The summed E-state index contributed by atoms with van der Waals surface area (Å²) in [7, 11) is 1.58. The van der Waals surface area contributed by atoms with Crippen LogP contribution in [0, 0.1) is 5.41 Å². The van der Waals surface area contributed by atoms with E-state index in [1.807, 2.05) is 6.08 Å². The first-order valence-corrected chi connectivity index (χ1v) is 11.7. The van der Waals surface area contributed by atoms with E-state index >= 15 is 0 Å². The summed E-state index contributed by atoms with van der Waals surface area (Å²) < 4.78 is 5.30. The average Bonchev–Trinajstić information content (AvgIpc) is 2.83. The zero-order valence-corrected chi connectivity index (χ0v) is 19.4. The van der Waals surface area contributed by atoms with E-state index in [1.165, 1.54) is 0 Å². The molecule has 2 aromatic heterocycles. The minimum Gasteiger partial charge on any atom is -0.501 e. The van der Waals surface area contributed by atoms with Crippen molar-refractivity contribution in [2.75, 3.05) is 31.7 Å². The molecule has 1 spiro atoms. The summed E-state index contributed by atoms with van der Waals surface area (Å²) in [4.78, 5) is 32.9. The van der Waals surface area contributed by atoms with Crippen molar-refractivity contribution in [3.05, 3.63) is 42.6 Å². The van der Waals surface area contributed by atoms with E-state index in [0.29, 0.717) is 35.7 Å². The number of nitrogens with two attached hydrogens (primary N) is 1. The van der Waals surface area contributed by atoms with Crippen molar-refractivity contribution in [1.82, 2.24) is 25.3 Å². The molecule has 1 aliphatic heterocycles. The fourth-order valence-corrected chi connectivity index (χ4v) is 5.76. The second-order valence-corrected chi connectivity index (χ2v) is 9.90. The second-order valence-electron chi connectivity index (χ2n) is 9.90. The summed E-state index contributed by atoms with van der Waals surface area (Å²) >= 11 is 0. The van der Waals surface area contributed by atoms with Gasteiger partial charge >= 0.3 is 0 Å². The monoisotopic (exact) mass is 465 g/mol. The number of nitrogens with one attached hydrogen (secondary N) is 1. The second kappa shape index (κ2) is 8.59. The van der Waals surface area contributed by atoms with Crippen molar-refractivity contribution < 1.29 is 14.6 Å². The van der Waals surface area contributed by atoms with Gasteiger partial charge in [0.15, 0.2) is 5.65 Å². The van der Waals surface area contributed by atoms with Gasteiger partial charge in [0, 0.05) is 44.0 Å². The third-order valence-electron chi connectivity index (χ3n) is 7.54. The van der Waals surface area contributed by atoms with Crippen LogP contribution in [0.25, 0.3) is 11.2 Å². The van der Waals surface area contributed by atoms with E-state index in [4.69, 9.17) is 10.5 Å². The van der Waals surface area contributed by atoms with Crippen LogP contribution in [0.2, 0.25) is 0 Å². The number of hydrogen-bond donors (Lipinski definition) is 3. The summed E-state index contributed by atoms with van der Waals surface area (Å²) in [6, 6.07) is 0. The number of methoxy groups -OCH3 is 1. The molecule has 2 fully saturated rings. The molecule has 0 bridgehead atoms. The first-order chi connectivity index (χ1) is 16.4. The van der Waals surface area contributed by atoms with Crippen LogP contribution in [0.4, 0.5) is 5.95 Å². The first-order valence-electron chi connectivity index (χ1n) is 11.7. The van der Waals surface area contributed by atoms with E-state index in [2.05, 4.69) is 30.2 Å². The van der Waals surface area contributed by atoms with Crippen molar-refractivity contribution in [3.63, 3.8) is 0 Å². The summed E-state index contributed by atoms with van der Waals surface area (Å²) in [6.45, 7) is 1.69. The van der Waals surface area contributed by atoms with Crippen LogP contribution in [-0.4, -0.2) is 68.8 Å². The summed E-state index contributed by atoms with van der Waals surface area (Å²) in [5, 5.41) is 12.9. The molecule has 2 aromatic rings. The number of fused-ring (bicyclic) bond motifs is 1. The number of piperidine rings is 1. The van der Waals surface area contributed by atoms with E-state index in [-0.39, 0.29) is 17.9 Å². The zero-order chi connectivity index (χ0) is 23.8. The Labute approximate surface area is 198 Å². The van der Waals surface area contributed by atoms with Crippen molar-refractivity contribution in [3.8, 4) is 0 Å². The highest BCUT2D eigenvalue weighted by Gasteiger charge is 2.56. The van der Waals surface area contributed by atoms with Crippen molar-refractivity contribution >= 4 is 23.0 Å². The highest BCUT2D eigenvalue weighted by Crippen LogP contribution is 2.56. The Morgan fingerprint density at radius 1 is 1.24 bits per heavy atom. The Morgan fingerprint density at radius 2 is 2.00 bits per heavy atom. The lowest BCUT2D eigenvalue weighted by Crippen LogP contribution is -2.68. The van der Waals surface area contributed by atoms with E-state index in [9.17, 15) is 9.90 Å². The van der Waals surface area contributed by atoms with Gasteiger partial charge in [-0.2, -0.15) is 4.98 Å². The predicted molar refractivity (Wildman–Crippen MR) is 127 cm³/mol. The minimum atomic E-state index is -1.15. The SMILES string of the molecule is COC1=CC=CC(N)(C(=O)NC2(CCO)CC3(CCN(c4ncc5nccnc5n4)CC3)C2)C1. The Morgan fingerprint density at radius 3 is 2.74 bits per heavy atom. The molecule has 10 nitrogen and oxygen atoms in total. The number of rotatable bonds is 6. The van der Waals surface area contributed by atoms with Gasteiger partial charge < -0.3 is 25.8 Å². The Kier molecular flexibility index (Phi) is 5.73. The number of amides is 1. The minimum absolute atomic E-state index is 0.0189. The predicted octanol–water partition coefficient (Wildman–Crippen LogP) is 1.23. The fourth-order valence-electron chi connectivity index (χ4n) is 5.76. The van der Waals surface area contributed by atoms with Crippen LogP contribution in [0.3, 0.4) is 0 Å². The van der Waals surface area contributed by atoms with Crippen LogP contribution in [-0.2, 0) is 9.53 Å². The van der Waals surface area contributed by atoms with Gasteiger partial charge in [-0.05, 0) is 43.6 Å². The van der Waals surface area contributed by atoms with Crippen LogP contribution >= 0.6 is 0 Å². The molecule has 34 heavy (non-hydrogen) atoms. The normalized spacial score (nSPS) is 25.0. The molecule has 1 saturated heterocycles. The number of anilines is 1. The lowest BCUT2D eigenvalue weighted by atomic mass is 9.52. The summed E-state index contributed by atoms with van der Waals surface area (Å²) in [5.74, 6) is 1.13. The third-order valence-corrected chi connectivity index (χ3v) is 7.54. The number of ether oxygens (including phenoxy) is 1. The van der Waals surface area contributed by atoms with Gasteiger partial charge in [-0.1, -0.05) is 12.2 Å². The van der Waals surface area contributed by atoms with Crippen LogP contribution < -0.4 is 16.0 Å². The zero-order valence-electron chi connectivity index (χ0n) is 19.4. The van der Waals surface area contributed by atoms with Crippen molar-refractivity contribution in [2.45, 2.75) is 49.6 Å². The number of carbonyl (C=O) groups excluding carboxylic acids is 1.